The topological polar surface area (TPSA) is 12.9 Å². The van der Waals surface area contributed by atoms with Gasteiger partial charge in [-0.15, -0.1) is 0 Å². The molecular formula is C8H7ClF3N. The van der Waals surface area contributed by atoms with Gasteiger partial charge in [-0.25, -0.2) is 0 Å². The average Bonchev–Trinajstić information content (AvgIpc) is 2.03. The van der Waals surface area contributed by atoms with Crippen molar-refractivity contribution in [1.82, 2.24) is 4.98 Å². The van der Waals surface area contributed by atoms with Crippen molar-refractivity contribution in [2.75, 3.05) is 0 Å². The highest BCUT2D eigenvalue weighted by atomic mass is 35.5. The predicted octanol–water partition coefficient (Wildman–Crippen LogP) is 3.32. The van der Waals surface area contributed by atoms with E-state index >= 15 is 0 Å². The largest absolute Gasteiger partial charge is 0.418 e. The fraction of sp³-hybridized carbons (Fsp3) is 0.375. The van der Waals surface area contributed by atoms with E-state index in [2.05, 4.69) is 4.98 Å². The van der Waals surface area contributed by atoms with Crippen LogP contribution in [0.2, 0.25) is 5.02 Å². The molecule has 0 N–H and O–H groups in total. The lowest BCUT2D eigenvalue weighted by Crippen LogP contribution is -2.10. The Balaban J connectivity index is 3.24. The molecule has 0 saturated heterocycles. The normalized spacial score (nSPS) is 11.8. The summed E-state index contributed by atoms with van der Waals surface area (Å²) in [6.07, 6.45) is -2.91. The van der Waals surface area contributed by atoms with Crippen LogP contribution in [0.15, 0.2) is 12.3 Å². The number of alkyl halides is 3. The molecule has 0 atom stereocenters. The first kappa shape index (κ1) is 10.3. The molecule has 1 aromatic rings. The number of aryl methyl sites for hydroxylation is 1. The molecular weight excluding hydrogens is 203 g/mol. The third-order valence-corrected chi connectivity index (χ3v) is 1.78. The maximum atomic E-state index is 12.3. The van der Waals surface area contributed by atoms with Crippen LogP contribution in [0.1, 0.15) is 18.2 Å². The minimum absolute atomic E-state index is 0.00419. The summed E-state index contributed by atoms with van der Waals surface area (Å²) in [5.41, 5.74) is -0.723. The quantitative estimate of drug-likeness (QED) is 0.692. The van der Waals surface area contributed by atoms with Crippen molar-refractivity contribution in [3.8, 4) is 0 Å². The van der Waals surface area contributed by atoms with Crippen LogP contribution in [0.3, 0.4) is 0 Å². The summed E-state index contributed by atoms with van der Waals surface area (Å²) in [5, 5.41) is 0.00419. The molecule has 0 aliphatic carbocycles. The Morgan fingerprint density at radius 3 is 2.54 bits per heavy atom. The zero-order valence-electron chi connectivity index (χ0n) is 6.82. The van der Waals surface area contributed by atoms with Crippen molar-refractivity contribution in [3.63, 3.8) is 0 Å². The van der Waals surface area contributed by atoms with Gasteiger partial charge in [0.15, 0.2) is 0 Å². The molecule has 0 spiro atoms. The molecule has 0 aliphatic heterocycles. The van der Waals surface area contributed by atoms with Crippen LogP contribution in [0.25, 0.3) is 0 Å². The van der Waals surface area contributed by atoms with E-state index < -0.39 is 11.7 Å². The first-order valence-electron chi connectivity index (χ1n) is 3.66. The van der Waals surface area contributed by atoms with Gasteiger partial charge < -0.3 is 0 Å². The molecule has 0 unspecified atom stereocenters. The Bertz CT molecular complexity index is 309. The third kappa shape index (κ3) is 2.34. The van der Waals surface area contributed by atoms with Gasteiger partial charge in [0.2, 0.25) is 0 Å². The fourth-order valence-corrected chi connectivity index (χ4v) is 1.15. The van der Waals surface area contributed by atoms with E-state index in [1.54, 1.807) is 6.92 Å². The lowest BCUT2D eigenvalue weighted by atomic mass is 10.1. The molecule has 0 fully saturated rings. The van der Waals surface area contributed by atoms with Crippen LogP contribution in [0.5, 0.6) is 0 Å². The first-order chi connectivity index (χ1) is 5.95. The number of hydrogen-bond donors (Lipinski definition) is 0. The highest BCUT2D eigenvalue weighted by Crippen LogP contribution is 2.32. The van der Waals surface area contributed by atoms with Gasteiger partial charge in [0.25, 0.3) is 0 Å². The van der Waals surface area contributed by atoms with Gasteiger partial charge in [-0.2, -0.15) is 13.2 Å². The van der Waals surface area contributed by atoms with Gasteiger partial charge >= 0.3 is 6.18 Å². The van der Waals surface area contributed by atoms with E-state index in [4.69, 9.17) is 11.6 Å². The summed E-state index contributed by atoms with van der Waals surface area (Å²) < 4.78 is 37.0. The second-order valence-corrected chi connectivity index (χ2v) is 2.94. The minimum Gasteiger partial charge on any atom is -0.259 e. The molecule has 0 bridgehead atoms. The van der Waals surface area contributed by atoms with Crippen molar-refractivity contribution in [1.29, 1.82) is 0 Å². The number of hydrogen-bond acceptors (Lipinski definition) is 1. The van der Waals surface area contributed by atoms with Crippen LogP contribution in [-0.2, 0) is 12.6 Å². The van der Waals surface area contributed by atoms with Crippen molar-refractivity contribution >= 4 is 11.6 Å². The van der Waals surface area contributed by atoms with Crippen molar-refractivity contribution in [3.05, 3.63) is 28.5 Å². The molecule has 0 amide bonds. The number of pyridine rings is 1. The Morgan fingerprint density at radius 2 is 2.08 bits per heavy atom. The summed E-state index contributed by atoms with van der Waals surface area (Å²) in [6.45, 7) is 1.62. The number of nitrogens with zero attached hydrogens (tertiary/aromatic N) is 1. The van der Waals surface area contributed by atoms with E-state index in [-0.39, 0.29) is 17.1 Å². The Labute approximate surface area is 78.5 Å². The van der Waals surface area contributed by atoms with E-state index in [0.717, 1.165) is 6.07 Å². The van der Waals surface area contributed by atoms with Crippen molar-refractivity contribution < 1.29 is 13.2 Å². The predicted molar refractivity (Wildman–Crippen MR) is 43.6 cm³/mol. The highest BCUT2D eigenvalue weighted by Gasteiger charge is 2.33. The zero-order chi connectivity index (χ0) is 10.1. The maximum absolute atomic E-state index is 12.3. The lowest BCUT2D eigenvalue weighted by molar-refractivity contribution is -0.138. The van der Waals surface area contributed by atoms with E-state index in [9.17, 15) is 13.2 Å². The number of aromatic nitrogens is 1. The number of rotatable bonds is 1. The Hall–Kier alpha value is -0.770. The van der Waals surface area contributed by atoms with Gasteiger partial charge in [-0.3, -0.25) is 4.98 Å². The van der Waals surface area contributed by atoms with E-state index in [1.807, 2.05) is 0 Å². The Kier molecular flexibility index (Phi) is 2.81. The molecule has 5 heteroatoms. The lowest BCUT2D eigenvalue weighted by Gasteiger charge is -2.10. The smallest absolute Gasteiger partial charge is 0.259 e. The maximum Gasteiger partial charge on any atom is 0.418 e. The van der Waals surface area contributed by atoms with Crippen LogP contribution >= 0.6 is 11.6 Å². The van der Waals surface area contributed by atoms with Crippen LogP contribution in [0.4, 0.5) is 13.2 Å². The summed E-state index contributed by atoms with van der Waals surface area (Å²) in [5.74, 6) is 0. The molecule has 0 aromatic carbocycles. The van der Waals surface area contributed by atoms with E-state index in [0.29, 0.717) is 0 Å². The second-order valence-electron chi connectivity index (χ2n) is 2.50. The van der Waals surface area contributed by atoms with Crippen LogP contribution < -0.4 is 0 Å². The monoisotopic (exact) mass is 209 g/mol. The molecule has 0 saturated carbocycles. The standard InChI is InChI=1S/C8H7ClF3N/c1-2-7-6(8(10,11)12)3-5(9)4-13-7/h3-4H,2H2,1H3. The molecule has 13 heavy (non-hydrogen) atoms. The molecule has 1 nitrogen and oxygen atoms in total. The average molecular weight is 210 g/mol. The van der Waals surface area contributed by atoms with Crippen LogP contribution in [-0.4, -0.2) is 4.98 Å². The van der Waals surface area contributed by atoms with Gasteiger partial charge in [0, 0.05) is 6.20 Å². The molecule has 1 rings (SSSR count). The summed E-state index contributed by atoms with van der Waals surface area (Å²) in [7, 11) is 0. The SMILES string of the molecule is CCc1ncc(Cl)cc1C(F)(F)F. The van der Waals surface area contributed by atoms with Crippen LogP contribution in [0, 0.1) is 0 Å². The molecule has 0 radical (unpaired) electrons. The molecule has 1 heterocycles. The summed E-state index contributed by atoms with van der Waals surface area (Å²) in [4.78, 5) is 3.61. The zero-order valence-corrected chi connectivity index (χ0v) is 7.58. The van der Waals surface area contributed by atoms with Gasteiger partial charge in [0.1, 0.15) is 0 Å². The number of halogens is 4. The third-order valence-electron chi connectivity index (χ3n) is 1.58. The minimum atomic E-state index is -4.37. The van der Waals surface area contributed by atoms with Gasteiger partial charge in [-0.1, -0.05) is 18.5 Å². The first-order valence-corrected chi connectivity index (χ1v) is 4.04. The summed E-state index contributed by atoms with van der Waals surface area (Å²) >= 11 is 5.42. The van der Waals surface area contributed by atoms with Crippen molar-refractivity contribution in [2.24, 2.45) is 0 Å². The van der Waals surface area contributed by atoms with E-state index in [1.165, 1.54) is 6.20 Å². The second kappa shape index (κ2) is 3.54. The molecule has 0 aliphatic rings. The summed E-state index contributed by atoms with van der Waals surface area (Å²) in [6, 6.07) is 0.896. The highest BCUT2D eigenvalue weighted by molar-refractivity contribution is 6.30. The van der Waals surface area contributed by atoms with Gasteiger partial charge in [-0.05, 0) is 12.5 Å². The molecule has 72 valence electrons. The Morgan fingerprint density at radius 1 is 1.46 bits per heavy atom. The molecule has 1 aromatic heterocycles. The van der Waals surface area contributed by atoms with Crippen molar-refractivity contribution in [2.45, 2.75) is 19.5 Å². The fourth-order valence-electron chi connectivity index (χ4n) is 0.995. The van der Waals surface area contributed by atoms with Gasteiger partial charge in [0.05, 0.1) is 16.3 Å².